The number of aromatic nitrogens is 2. The Kier molecular flexibility index (Phi) is 3.75. The number of nitrogens with zero attached hydrogens (tertiary/aromatic N) is 2. The molecule has 0 radical (unpaired) electrons. The smallest absolute Gasteiger partial charge is 0.129 e. The van der Waals surface area contributed by atoms with Crippen LogP contribution < -0.4 is 10.6 Å². The number of hydrogen-bond acceptors (Lipinski definition) is 2. The number of rotatable bonds is 1. The Labute approximate surface area is 230 Å². The van der Waals surface area contributed by atoms with Gasteiger partial charge < -0.3 is 19.8 Å². The molecule has 2 aliphatic rings. The fourth-order valence-electron chi connectivity index (χ4n) is 7.56. The first-order valence-electron chi connectivity index (χ1n) is 14.0. The number of anilines is 2. The van der Waals surface area contributed by atoms with Crippen LogP contribution >= 0.6 is 0 Å². The summed E-state index contributed by atoms with van der Waals surface area (Å²) in [6, 6.07) is 44.2. The Morgan fingerprint density at radius 2 is 1.25 bits per heavy atom. The summed E-state index contributed by atoms with van der Waals surface area (Å²) in [6.45, 7) is 0. The van der Waals surface area contributed by atoms with Crippen LogP contribution in [-0.2, 0) is 0 Å². The summed E-state index contributed by atoms with van der Waals surface area (Å²) in [5.41, 5.74) is 9.96. The van der Waals surface area contributed by atoms with Crippen LogP contribution in [-0.4, -0.2) is 9.13 Å². The molecule has 10 rings (SSSR count). The van der Waals surface area contributed by atoms with Gasteiger partial charge in [0.05, 0.1) is 39.5 Å². The molecule has 40 heavy (non-hydrogen) atoms. The minimum absolute atomic E-state index is 0.0666. The summed E-state index contributed by atoms with van der Waals surface area (Å²) < 4.78 is 5.04. The van der Waals surface area contributed by atoms with Crippen LogP contribution in [0.2, 0.25) is 0 Å². The molecule has 0 saturated heterocycles. The summed E-state index contributed by atoms with van der Waals surface area (Å²) >= 11 is 0. The number of para-hydroxylation sites is 4. The largest absolute Gasteiger partial charge is 0.373 e. The fourth-order valence-corrected chi connectivity index (χ4v) is 7.56. The Morgan fingerprint density at radius 3 is 2.12 bits per heavy atom. The molecule has 4 nitrogen and oxygen atoms in total. The zero-order valence-corrected chi connectivity index (χ0v) is 21.6. The normalized spacial score (nSPS) is 17.4. The zero-order chi connectivity index (χ0) is 25.9. The van der Waals surface area contributed by atoms with Crippen LogP contribution in [0.15, 0.2) is 121 Å². The lowest BCUT2D eigenvalue weighted by Gasteiger charge is -2.33. The molecule has 0 spiro atoms. The van der Waals surface area contributed by atoms with Crippen molar-refractivity contribution in [2.75, 3.05) is 10.6 Å². The number of nitrogens with one attached hydrogen (secondary N) is 2. The molecule has 4 heteroatoms. The molecule has 0 saturated carbocycles. The Balaban J connectivity index is 1.47. The predicted octanol–water partition coefficient (Wildman–Crippen LogP) is 9.14. The van der Waals surface area contributed by atoms with E-state index in [1.165, 1.54) is 65.6 Å². The Hall–Kier alpha value is -5.22. The van der Waals surface area contributed by atoms with Crippen molar-refractivity contribution in [2.24, 2.45) is 0 Å². The minimum atomic E-state index is 0.0666. The lowest BCUT2D eigenvalue weighted by molar-refractivity contribution is 0.541. The van der Waals surface area contributed by atoms with Gasteiger partial charge in [0.2, 0.25) is 0 Å². The van der Waals surface area contributed by atoms with E-state index in [0.29, 0.717) is 0 Å². The van der Waals surface area contributed by atoms with E-state index >= 15 is 0 Å². The summed E-state index contributed by atoms with van der Waals surface area (Å²) in [4.78, 5) is 0. The quantitative estimate of drug-likeness (QED) is 0.230. The third-order valence-corrected chi connectivity index (χ3v) is 9.11. The van der Waals surface area contributed by atoms with Gasteiger partial charge >= 0.3 is 0 Å². The molecule has 2 N–H and O–H groups in total. The van der Waals surface area contributed by atoms with Crippen molar-refractivity contribution in [3.05, 3.63) is 127 Å². The van der Waals surface area contributed by atoms with Gasteiger partial charge in [-0.05, 0) is 53.2 Å². The average molecular weight is 513 g/mol. The second-order valence-corrected chi connectivity index (χ2v) is 11.1. The van der Waals surface area contributed by atoms with Crippen molar-refractivity contribution in [1.82, 2.24) is 9.13 Å². The van der Waals surface area contributed by atoms with E-state index < -0.39 is 0 Å². The Bertz CT molecular complexity index is 2340. The maximum Gasteiger partial charge on any atom is 0.129 e. The van der Waals surface area contributed by atoms with Gasteiger partial charge in [-0.25, -0.2) is 0 Å². The van der Waals surface area contributed by atoms with Gasteiger partial charge in [-0.1, -0.05) is 78.9 Å². The third kappa shape index (κ3) is 2.43. The fraction of sp³-hybridized carbons (Fsp3) is 0.0556. The standard InChI is InChI=1S/C36H24N4/c1-2-11-22(12-3-1)39-30-19-18-21-10-4-5-13-23(21)31(30)26-20-25-24-14-6-9-17-29(24)40-34(25)32(35(26)39)33-36(40)38-28-16-8-7-15-27(28)37-33/h1-20,33,36-38H. The van der Waals surface area contributed by atoms with Crippen molar-refractivity contribution in [2.45, 2.75) is 12.2 Å². The second-order valence-electron chi connectivity index (χ2n) is 11.1. The summed E-state index contributed by atoms with van der Waals surface area (Å²) in [6.07, 6.45) is 0.0666. The lowest BCUT2D eigenvalue weighted by Crippen LogP contribution is -2.30. The van der Waals surface area contributed by atoms with Gasteiger partial charge in [-0.3, -0.25) is 0 Å². The highest BCUT2D eigenvalue weighted by atomic mass is 15.3. The molecule has 2 aromatic heterocycles. The van der Waals surface area contributed by atoms with E-state index in [4.69, 9.17) is 0 Å². The number of benzene rings is 6. The van der Waals surface area contributed by atoms with Crippen LogP contribution in [0.5, 0.6) is 0 Å². The van der Waals surface area contributed by atoms with Crippen molar-refractivity contribution in [1.29, 1.82) is 0 Å². The van der Waals surface area contributed by atoms with E-state index in [9.17, 15) is 0 Å². The molecule has 0 bridgehead atoms. The lowest BCUT2D eigenvalue weighted by atomic mass is 9.96. The molecule has 8 aromatic rings. The first-order chi connectivity index (χ1) is 19.9. The van der Waals surface area contributed by atoms with Gasteiger partial charge in [0.1, 0.15) is 6.17 Å². The number of fused-ring (bicyclic) bond motifs is 13. The summed E-state index contributed by atoms with van der Waals surface area (Å²) in [5, 5.41) is 15.7. The van der Waals surface area contributed by atoms with Crippen molar-refractivity contribution >= 4 is 65.8 Å². The van der Waals surface area contributed by atoms with Crippen LogP contribution in [0.1, 0.15) is 17.8 Å². The zero-order valence-electron chi connectivity index (χ0n) is 21.6. The molecule has 188 valence electrons. The van der Waals surface area contributed by atoms with Crippen LogP contribution in [0.3, 0.4) is 0 Å². The van der Waals surface area contributed by atoms with Gasteiger partial charge in [-0.2, -0.15) is 0 Å². The molecule has 0 amide bonds. The molecule has 2 unspecified atom stereocenters. The van der Waals surface area contributed by atoms with E-state index in [1.807, 2.05) is 0 Å². The van der Waals surface area contributed by atoms with Gasteiger partial charge in [0.25, 0.3) is 0 Å². The van der Waals surface area contributed by atoms with Gasteiger partial charge in [0.15, 0.2) is 0 Å². The second kappa shape index (κ2) is 7.25. The highest BCUT2D eigenvalue weighted by Gasteiger charge is 2.42. The minimum Gasteiger partial charge on any atom is -0.373 e. The Morgan fingerprint density at radius 1 is 0.525 bits per heavy atom. The van der Waals surface area contributed by atoms with Gasteiger partial charge in [-0.15, -0.1) is 0 Å². The van der Waals surface area contributed by atoms with E-state index in [0.717, 1.165) is 11.4 Å². The topological polar surface area (TPSA) is 33.9 Å². The van der Waals surface area contributed by atoms with Gasteiger partial charge in [0, 0.05) is 32.8 Å². The van der Waals surface area contributed by atoms with E-state index in [-0.39, 0.29) is 12.2 Å². The molecule has 2 aliphatic heterocycles. The highest BCUT2D eigenvalue weighted by molar-refractivity contribution is 6.27. The van der Waals surface area contributed by atoms with Crippen LogP contribution in [0, 0.1) is 0 Å². The van der Waals surface area contributed by atoms with E-state index in [2.05, 4.69) is 141 Å². The average Bonchev–Trinajstić information content (AvgIpc) is 3.64. The predicted molar refractivity (Wildman–Crippen MR) is 167 cm³/mol. The maximum atomic E-state index is 3.97. The van der Waals surface area contributed by atoms with E-state index in [1.54, 1.807) is 0 Å². The summed E-state index contributed by atoms with van der Waals surface area (Å²) in [7, 11) is 0. The molecule has 0 aliphatic carbocycles. The van der Waals surface area contributed by atoms with Crippen molar-refractivity contribution in [3.8, 4) is 5.69 Å². The van der Waals surface area contributed by atoms with Crippen LogP contribution in [0.4, 0.5) is 11.4 Å². The molecule has 6 aromatic carbocycles. The molecule has 2 atom stereocenters. The first kappa shape index (κ1) is 20.7. The first-order valence-corrected chi connectivity index (χ1v) is 14.0. The SMILES string of the molecule is c1ccc(-n2c3ccc4ccccc4c3c3cc4c5ccccc5n5c4c(c32)C2Nc3ccccc3NC25)cc1. The van der Waals surface area contributed by atoms with Crippen molar-refractivity contribution < 1.29 is 0 Å². The highest BCUT2D eigenvalue weighted by Crippen LogP contribution is 2.54. The molecular weight excluding hydrogens is 488 g/mol. The monoisotopic (exact) mass is 512 g/mol. The van der Waals surface area contributed by atoms with Crippen LogP contribution in [0.25, 0.3) is 60.1 Å². The molecular formula is C36H24N4. The molecule has 0 fully saturated rings. The molecule has 4 heterocycles. The van der Waals surface area contributed by atoms with Crippen molar-refractivity contribution in [3.63, 3.8) is 0 Å². The summed E-state index contributed by atoms with van der Waals surface area (Å²) in [5.74, 6) is 0. The third-order valence-electron chi connectivity index (χ3n) is 9.11. The number of hydrogen-bond donors (Lipinski definition) is 2. The maximum absolute atomic E-state index is 3.97.